The summed E-state index contributed by atoms with van der Waals surface area (Å²) in [5.41, 5.74) is 0. The Morgan fingerprint density at radius 3 is 2.40 bits per heavy atom. The lowest BCUT2D eigenvalue weighted by atomic mass is 9.82. The van der Waals surface area contributed by atoms with Crippen LogP contribution in [0.4, 0.5) is 0 Å². The third-order valence-electron chi connectivity index (χ3n) is 2.92. The molecule has 2 aliphatic rings. The van der Waals surface area contributed by atoms with Gasteiger partial charge >= 0.3 is 0 Å². The zero-order valence-electron chi connectivity index (χ0n) is 6.68. The third-order valence-corrected chi connectivity index (χ3v) is 2.92. The van der Waals surface area contributed by atoms with Gasteiger partial charge in [-0.15, -0.1) is 0 Å². The molecule has 0 aromatic heterocycles. The van der Waals surface area contributed by atoms with Gasteiger partial charge in [0.05, 0.1) is 0 Å². The van der Waals surface area contributed by atoms with Gasteiger partial charge in [0.1, 0.15) is 0 Å². The van der Waals surface area contributed by atoms with Crippen LogP contribution in [-0.2, 0) is 0 Å². The highest BCUT2D eigenvalue weighted by Crippen LogP contribution is 2.36. The Balaban J connectivity index is 1.46. The van der Waals surface area contributed by atoms with Crippen molar-refractivity contribution in [1.29, 1.82) is 0 Å². The summed E-state index contributed by atoms with van der Waals surface area (Å²) in [5.74, 6) is 2.16. The molecule has 0 unspecified atom stereocenters. The van der Waals surface area contributed by atoms with Crippen molar-refractivity contribution in [2.24, 2.45) is 11.8 Å². The van der Waals surface area contributed by atoms with E-state index < -0.39 is 0 Å². The van der Waals surface area contributed by atoms with Crippen molar-refractivity contribution in [3.63, 3.8) is 0 Å². The van der Waals surface area contributed by atoms with Crippen LogP contribution in [0.25, 0.3) is 0 Å². The molecule has 2 fully saturated rings. The van der Waals surface area contributed by atoms with Crippen LogP contribution < -0.4 is 0 Å². The summed E-state index contributed by atoms with van der Waals surface area (Å²) in [4.78, 5) is 0. The Kier molecular flexibility index (Phi) is 1.97. The van der Waals surface area contributed by atoms with E-state index in [2.05, 4.69) is 6.42 Å². The Labute approximate surface area is 64.0 Å². The molecule has 0 saturated heterocycles. The Morgan fingerprint density at radius 2 is 1.90 bits per heavy atom. The fraction of sp³-hybridized carbons (Fsp3) is 0.900. The number of hydrogen-bond acceptors (Lipinski definition) is 0. The van der Waals surface area contributed by atoms with Crippen LogP contribution in [-0.4, -0.2) is 0 Å². The van der Waals surface area contributed by atoms with E-state index in [-0.39, 0.29) is 0 Å². The fourth-order valence-corrected chi connectivity index (χ4v) is 1.65. The predicted octanol–water partition coefficient (Wildman–Crippen LogP) is 3.18. The minimum Gasteiger partial charge on any atom is -0.0528 e. The average Bonchev–Trinajstić information content (AvgIpc) is 2.58. The van der Waals surface area contributed by atoms with Crippen LogP contribution >= 0.6 is 0 Å². The summed E-state index contributed by atoms with van der Waals surface area (Å²) in [5, 5.41) is 0. The normalized spacial score (nSPS) is 26.4. The highest BCUT2D eigenvalue weighted by Gasteiger charge is 2.22. The maximum Gasteiger partial charge on any atom is -0.0355 e. The molecular formula is C10H17. The van der Waals surface area contributed by atoms with Crippen LogP contribution in [0.3, 0.4) is 0 Å². The minimum absolute atomic E-state index is 1.03. The molecule has 1 radical (unpaired) electrons. The molecule has 2 rings (SSSR count). The van der Waals surface area contributed by atoms with E-state index >= 15 is 0 Å². The van der Waals surface area contributed by atoms with E-state index in [0.29, 0.717) is 0 Å². The molecule has 0 spiro atoms. The Morgan fingerprint density at radius 1 is 1.10 bits per heavy atom. The molecule has 0 aliphatic heterocycles. The largest absolute Gasteiger partial charge is 0.0528 e. The highest BCUT2D eigenvalue weighted by molar-refractivity contribution is 4.85. The topological polar surface area (TPSA) is 0 Å². The summed E-state index contributed by atoms with van der Waals surface area (Å²) < 4.78 is 0. The molecule has 0 heterocycles. The van der Waals surface area contributed by atoms with Crippen molar-refractivity contribution in [3.05, 3.63) is 6.42 Å². The van der Waals surface area contributed by atoms with Gasteiger partial charge in [-0.1, -0.05) is 38.5 Å². The molecule has 57 valence electrons. The molecule has 0 amide bonds. The molecule has 10 heavy (non-hydrogen) atoms. The Hall–Kier alpha value is 0. The zero-order chi connectivity index (χ0) is 6.81. The van der Waals surface area contributed by atoms with Gasteiger partial charge in [-0.3, -0.25) is 0 Å². The first kappa shape index (κ1) is 6.69. The summed E-state index contributed by atoms with van der Waals surface area (Å²) in [6.07, 6.45) is 13.0. The van der Waals surface area contributed by atoms with E-state index in [4.69, 9.17) is 0 Å². The predicted molar refractivity (Wildman–Crippen MR) is 43.6 cm³/mol. The molecule has 0 N–H and O–H groups in total. The van der Waals surface area contributed by atoms with Crippen molar-refractivity contribution < 1.29 is 0 Å². The van der Waals surface area contributed by atoms with Crippen molar-refractivity contribution in [2.45, 2.75) is 44.9 Å². The average molecular weight is 137 g/mol. The van der Waals surface area contributed by atoms with E-state index in [1.54, 1.807) is 0 Å². The smallest absolute Gasteiger partial charge is 0.0355 e. The van der Waals surface area contributed by atoms with Crippen LogP contribution in [0.2, 0.25) is 0 Å². The van der Waals surface area contributed by atoms with Gasteiger partial charge in [-0.05, 0) is 24.7 Å². The fourth-order valence-electron chi connectivity index (χ4n) is 1.65. The monoisotopic (exact) mass is 137 g/mol. The maximum atomic E-state index is 2.57. The molecule has 0 atom stereocenters. The van der Waals surface area contributed by atoms with Crippen LogP contribution in [0.15, 0.2) is 0 Å². The first-order valence-corrected chi connectivity index (χ1v) is 4.78. The molecule has 2 aliphatic carbocycles. The van der Waals surface area contributed by atoms with Crippen molar-refractivity contribution >= 4 is 0 Å². The minimum atomic E-state index is 1.03. The molecule has 0 nitrogen and oxygen atoms in total. The summed E-state index contributed by atoms with van der Waals surface area (Å²) in [7, 11) is 0. The van der Waals surface area contributed by atoms with Gasteiger partial charge < -0.3 is 0 Å². The molecular weight excluding hydrogens is 120 g/mol. The van der Waals surface area contributed by atoms with Gasteiger partial charge in [-0.2, -0.15) is 0 Å². The Bertz CT molecular complexity index is 98.6. The molecule has 0 aromatic rings. The van der Waals surface area contributed by atoms with Crippen LogP contribution in [0, 0.1) is 18.3 Å². The van der Waals surface area contributed by atoms with Crippen LogP contribution in [0.5, 0.6) is 0 Å². The molecule has 0 aromatic carbocycles. The van der Waals surface area contributed by atoms with Gasteiger partial charge in [-0.25, -0.2) is 0 Å². The van der Waals surface area contributed by atoms with Crippen LogP contribution in [0.1, 0.15) is 44.9 Å². The lowest BCUT2D eigenvalue weighted by Gasteiger charge is -2.24. The van der Waals surface area contributed by atoms with E-state index in [1.165, 1.54) is 44.9 Å². The molecule has 2 saturated carbocycles. The van der Waals surface area contributed by atoms with E-state index in [1.807, 2.05) is 0 Å². The summed E-state index contributed by atoms with van der Waals surface area (Å²) in [6, 6.07) is 0. The van der Waals surface area contributed by atoms with Crippen molar-refractivity contribution in [1.82, 2.24) is 0 Å². The van der Waals surface area contributed by atoms with E-state index in [9.17, 15) is 0 Å². The zero-order valence-corrected chi connectivity index (χ0v) is 6.68. The van der Waals surface area contributed by atoms with Crippen molar-refractivity contribution in [3.8, 4) is 0 Å². The van der Waals surface area contributed by atoms with Gasteiger partial charge in [0.25, 0.3) is 0 Å². The second-order valence-electron chi connectivity index (χ2n) is 3.95. The quantitative estimate of drug-likeness (QED) is 0.558. The second-order valence-corrected chi connectivity index (χ2v) is 3.95. The highest BCUT2D eigenvalue weighted by atomic mass is 14.3. The second kappa shape index (κ2) is 2.94. The summed E-state index contributed by atoms with van der Waals surface area (Å²) >= 11 is 0. The van der Waals surface area contributed by atoms with Gasteiger partial charge in [0.15, 0.2) is 0 Å². The lowest BCUT2D eigenvalue weighted by molar-refractivity contribution is 0.350. The third kappa shape index (κ3) is 1.74. The van der Waals surface area contributed by atoms with Gasteiger partial charge in [0, 0.05) is 0 Å². The first-order valence-electron chi connectivity index (χ1n) is 4.78. The molecule has 0 bridgehead atoms. The first-order chi connectivity index (χ1) is 4.95. The standard InChI is InChI=1S/C10H17/c1-3-9(4-1)5-2-6-10-7-8-10/h5,9-10H,1-4,6-8H2. The number of hydrogen-bond donors (Lipinski definition) is 0. The maximum absolute atomic E-state index is 2.57. The van der Waals surface area contributed by atoms with E-state index in [0.717, 1.165) is 11.8 Å². The van der Waals surface area contributed by atoms with Gasteiger partial charge in [0.2, 0.25) is 0 Å². The molecule has 0 heteroatoms. The van der Waals surface area contributed by atoms with Crippen molar-refractivity contribution in [2.75, 3.05) is 0 Å². The lowest BCUT2D eigenvalue weighted by Crippen LogP contribution is -2.10. The summed E-state index contributed by atoms with van der Waals surface area (Å²) in [6.45, 7) is 0. The number of rotatable bonds is 4. The SMILES string of the molecule is [CH](CCC1CC1)C1CCC1.